The molecule has 1 atom stereocenters. The van der Waals surface area contributed by atoms with Crippen LogP contribution in [0.2, 0.25) is 5.02 Å². The Morgan fingerprint density at radius 2 is 1.42 bits per heavy atom. The largest absolute Gasteiger partial charge is 0.324 e. The first-order valence-electron chi connectivity index (χ1n) is 11.3. The number of anilines is 2. The maximum absolute atomic E-state index is 13.8. The highest BCUT2D eigenvalue weighted by molar-refractivity contribution is 6.32. The van der Waals surface area contributed by atoms with E-state index in [4.69, 9.17) is 11.6 Å². The molecule has 4 nitrogen and oxygen atoms in total. The molecular weight excluding hydrogens is 432 g/mol. The first-order valence-corrected chi connectivity index (χ1v) is 11.7. The first kappa shape index (κ1) is 23.1. The molecule has 1 saturated heterocycles. The molecule has 1 aliphatic heterocycles. The SMILES string of the molecule is CC(C)c1ccc(NC(=O)C2(c3ccccc3Cl)CC(=O)N2c2ccc(C(C)C)cc2)cc1. The molecule has 1 heterocycles. The fraction of sp³-hybridized carbons (Fsp3) is 0.286. The second-order valence-corrected chi connectivity index (χ2v) is 9.63. The van der Waals surface area contributed by atoms with Crippen LogP contribution in [0.1, 0.15) is 62.6 Å². The molecule has 3 aromatic rings. The standard InChI is InChI=1S/C28H29ClN2O2/c1-18(2)20-9-13-22(14-10-20)30-27(33)28(24-7-5-6-8-25(24)29)17-26(32)31(28)23-15-11-21(12-16-23)19(3)4/h5-16,18-19H,17H2,1-4H3,(H,30,33). The van der Waals surface area contributed by atoms with Gasteiger partial charge in [0, 0.05) is 22.0 Å². The Morgan fingerprint density at radius 3 is 1.94 bits per heavy atom. The average Bonchev–Trinajstić information content (AvgIpc) is 2.78. The van der Waals surface area contributed by atoms with Crippen LogP contribution in [0.5, 0.6) is 0 Å². The third kappa shape index (κ3) is 4.16. The van der Waals surface area contributed by atoms with Crippen molar-refractivity contribution >= 4 is 34.8 Å². The van der Waals surface area contributed by atoms with E-state index in [1.54, 1.807) is 11.0 Å². The summed E-state index contributed by atoms with van der Waals surface area (Å²) in [5, 5.41) is 3.49. The van der Waals surface area contributed by atoms with Crippen molar-refractivity contribution in [3.8, 4) is 0 Å². The molecule has 1 N–H and O–H groups in total. The lowest BCUT2D eigenvalue weighted by molar-refractivity contribution is -0.137. The zero-order chi connectivity index (χ0) is 23.8. The molecule has 3 aromatic carbocycles. The van der Waals surface area contributed by atoms with Crippen LogP contribution in [0, 0.1) is 0 Å². The van der Waals surface area contributed by atoms with Crippen molar-refractivity contribution in [2.45, 2.75) is 51.5 Å². The minimum Gasteiger partial charge on any atom is -0.324 e. The maximum atomic E-state index is 13.8. The van der Waals surface area contributed by atoms with Crippen LogP contribution in [0.4, 0.5) is 11.4 Å². The second kappa shape index (κ2) is 9.03. The number of hydrogen-bond acceptors (Lipinski definition) is 2. The Labute approximate surface area is 200 Å². The summed E-state index contributed by atoms with van der Waals surface area (Å²) in [7, 11) is 0. The molecule has 0 spiro atoms. The van der Waals surface area contributed by atoms with Gasteiger partial charge in [-0.2, -0.15) is 0 Å². The highest BCUT2D eigenvalue weighted by Gasteiger charge is 2.59. The molecule has 4 rings (SSSR count). The van der Waals surface area contributed by atoms with Crippen molar-refractivity contribution in [1.82, 2.24) is 0 Å². The van der Waals surface area contributed by atoms with Gasteiger partial charge in [0.05, 0.1) is 6.42 Å². The number of carbonyl (C=O) groups is 2. The number of benzene rings is 3. The number of halogens is 1. The molecule has 33 heavy (non-hydrogen) atoms. The van der Waals surface area contributed by atoms with E-state index in [2.05, 4.69) is 33.0 Å². The minimum atomic E-state index is -1.22. The van der Waals surface area contributed by atoms with Gasteiger partial charge in [-0.3, -0.25) is 14.5 Å². The minimum absolute atomic E-state index is 0.0541. The molecule has 0 bridgehead atoms. The monoisotopic (exact) mass is 460 g/mol. The number of amides is 2. The van der Waals surface area contributed by atoms with Gasteiger partial charge < -0.3 is 5.32 Å². The lowest BCUT2D eigenvalue weighted by atomic mass is 9.75. The van der Waals surface area contributed by atoms with Crippen LogP contribution < -0.4 is 10.2 Å². The molecule has 2 amide bonds. The number of nitrogens with one attached hydrogen (secondary N) is 1. The number of rotatable bonds is 6. The molecule has 0 saturated carbocycles. The summed E-state index contributed by atoms with van der Waals surface area (Å²) >= 11 is 6.57. The molecule has 0 aliphatic carbocycles. The van der Waals surface area contributed by atoms with E-state index in [1.807, 2.05) is 66.7 Å². The number of nitrogens with zero attached hydrogens (tertiary/aromatic N) is 1. The Morgan fingerprint density at radius 1 is 0.879 bits per heavy atom. The fourth-order valence-electron chi connectivity index (χ4n) is 4.37. The van der Waals surface area contributed by atoms with Crippen molar-refractivity contribution in [1.29, 1.82) is 0 Å². The number of β-lactam (4-membered cyclic amide) rings is 1. The second-order valence-electron chi connectivity index (χ2n) is 9.22. The van der Waals surface area contributed by atoms with E-state index in [0.717, 1.165) is 0 Å². The van der Waals surface area contributed by atoms with Crippen LogP contribution >= 0.6 is 11.6 Å². The van der Waals surface area contributed by atoms with Gasteiger partial charge in [-0.15, -0.1) is 0 Å². The summed E-state index contributed by atoms with van der Waals surface area (Å²) in [6, 6.07) is 22.9. The van der Waals surface area contributed by atoms with Crippen molar-refractivity contribution in [2.75, 3.05) is 10.2 Å². The van der Waals surface area contributed by atoms with Gasteiger partial charge in [-0.25, -0.2) is 0 Å². The van der Waals surface area contributed by atoms with Gasteiger partial charge in [0.2, 0.25) is 5.91 Å². The third-order valence-electron chi connectivity index (χ3n) is 6.39. The molecule has 5 heteroatoms. The lowest BCUT2D eigenvalue weighted by Gasteiger charge is -2.51. The van der Waals surface area contributed by atoms with Crippen molar-refractivity contribution in [3.63, 3.8) is 0 Å². The first-order chi connectivity index (χ1) is 15.7. The van der Waals surface area contributed by atoms with Crippen LogP contribution in [0.25, 0.3) is 0 Å². The van der Waals surface area contributed by atoms with Crippen LogP contribution in [0.3, 0.4) is 0 Å². The highest BCUT2D eigenvalue weighted by atomic mass is 35.5. The Bertz CT molecular complexity index is 1170. The van der Waals surface area contributed by atoms with Crippen LogP contribution in [-0.2, 0) is 15.1 Å². The highest BCUT2D eigenvalue weighted by Crippen LogP contribution is 2.48. The number of carbonyl (C=O) groups excluding carboxylic acids is 2. The van der Waals surface area contributed by atoms with Gasteiger partial charge in [-0.05, 0) is 53.3 Å². The fourth-order valence-corrected chi connectivity index (χ4v) is 4.67. The maximum Gasteiger partial charge on any atom is 0.255 e. The molecule has 0 aromatic heterocycles. The van der Waals surface area contributed by atoms with Crippen molar-refractivity contribution in [3.05, 3.63) is 94.5 Å². The summed E-state index contributed by atoms with van der Waals surface area (Å²) in [6.45, 7) is 8.50. The molecule has 170 valence electrons. The van der Waals surface area contributed by atoms with Gasteiger partial charge in [-0.1, -0.05) is 81.8 Å². The van der Waals surface area contributed by atoms with Gasteiger partial charge in [0.1, 0.15) is 0 Å². The average molecular weight is 461 g/mol. The molecular formula is C28H29ClN2O2. The van der Waals surface area contributed by atoms with Crippen LogP contribution in [-0.4, -0.2) is 11.8 Å². The molecule has 1 aliphatic rings. The van der Waals surface area contributed by atoms with Gasteiger partial charge in [0.25, 0.3) is 5.91 Å². The van der Waals surface area contributed by atoms with Crippen molar-refractivity contribution < 1.29 is 9.59 Å². The topological polar surface area (TPSA) is 49.4 Å². The predicted molar refractivity (Wildman–Crippen MR) is 135 cm³/mol. The Hall–Kier alpha value is -3.11. The lowest BCUT2D eigenvalue weighted by Crippen LogP contribution is -2.67. The van der Waals surface area contributed by atoms with E-state index in [0.29, 0.717) is 33.8 Å². The molecule has 1 fully saturated rings. The van der Waals surface area contributed by atoms with Crippen LogP contribution in [0.15, 0.2) is 72.8 Å². The summed E-state index contributed by atoms with van der Waals surface area (Å²) in [6.07, 6.45) is 0.0541. The summed E-state index contributed by atoms with van der Waals surface area (Å²) in [4.78, 5) is 28.3. The normalized spacial score (nSPS) is 17.9. The Balaban J connectivity index is 1.75. The van der Waals surface area contributed by atoms with Crippen molar-refractivity contribution in [2.24, 2.45) is 0 Å². The van der Waals surface area contributed by atoms with E-state index >= 15 is 0 Å². The molecule has 0 radical (unpaired) electrons. The summed E-state index contributed by atoms with van der Waals surface area (Å²) in [5.41, 5.74) is 3.14. The van der Waals surface area contributed by atoms with Gasteiger partial charge in [0.15, 0.2) is 5.54 Å². The zero-order valence-corrected chi connectivity index (χ0v) is 20.2. The molecule has 1 unspecified atom stereocenters. The Kier molecular flexibility index (Phi) is 6.31. The van der Waals surface area contributed by atoms with E-state index in [1.165, 1.54) is 11.1 Å². The summed E-state index contributed by atoms with van der Waals surface area (Å²) < 4.78 is 0. The van der Waals surface area contributed by atoms with E-state index in [-0.39, 0.29) is 18.2 Å². The van der Waals surface area contributed by atoms with E-state index in [9.17, 15) is 9.59 Å². The number of hydrogen-bond donors (Lipinski definition) is 1. The third-order valence-corrected chi connectivity index (χ3v) is 6.72. The summed E-state index contributed by atoms with van der Waals surface area (Å²) in [5.74, 6) is 0.382. The smallest absolute Gasteiger partial charge is 0.255 e. The predicted octanol–water partition coefficient (Wildman–Crippen LogP) is 6.86. The zero-order valence-electron chi connectivity index (χ0n) is 19.4. The van der Waals surface area contributed by atoms with E-state index < -0.39 is 5.54 Å². The van der Waals surface area contributed by atoms with Gasteiger partial charge >= 0.3 is 0 Å². The quantitative estimate of drug-likeness (QED) is 0.408.